The zero-order chi connectivity index (χ0) is 15.7. The molecule has 2 amide bonds. The molecule has 0 heterocycles. The number of carbonyl (C=O) groups is 3. The van der Waals surface area contributed by atoms with Gasteiger partial charge in [0.1, 0.15) is 12.6 Å². The van der Waals surface area contributed by atoms with E-state index in [4.69, 9.17) is 14.9 Å². The number of carboxylic acid groups (broad SMARTS) is 1. The Morgan fingerprint density at radius 3 is 2.30 bits per heavy atom. The first-order valence-corrected chi connectivity index (χ1v) is 6.39. The standard InChI is InChI=1S/C12H22N2O6/c1-4-20-10(16)7-14(8(2)3)12(19)13-9(5-6-15)11(17)18/h8-9,15H,4-7H2,1-3H3,(H,13,19)(H,17,18). The van der Waals surface area contributed by atoms with E-state index in [9.17, 15) is 14.4 Å². The largest absolute Gasteiger partial charge is 0.480 e. The molecule has 0 spiro atoms. The van der Waals surface area contributed by atoms with E-state index >= 15 is 0 Å². The number of esters is 1. The Bertz CT molecular complexity index is 345. The molecule has 0 aliphatic carbocycles. The fourth-order valence-corrected chi connectivity index (χ4v) is 1.45. The van der Waals surface area contributed by atoms with Crippen molar-refractivity contribution in [2.24, 2.45) is 0 Å². The number of nitrogens with zero attached hydrogens (tertiary/aromatic N) is 1. The highest BCUT2D eigenvalue weighted by atomic mass is 16.5. The van der Waals surface area contributed by atoms with Gasteiger partial charge in [-0.15, -0.1) is 0 Å². The van der Waals surface area contributed by atoms with Gasteiger partial charge in [-0.25, -0.2) is 9.59 Å². The maximum atomic E-state index is 12.0. The second-order valence-corrected chi connectivity index (χ2v) is 4.38. The molecule has 0 radical (unpaired) electrons. The van der Waals surface area contributed by atoms with Gasteiger partial charge < -0.3 is 25.2 Å². The van der Waals surface area contributed by atoms with E-state index in [1.165, 1.54) is 4.90 Å². The third-order valence-corrected chi connectivity index (χ3v) is 2.50. The molecule has 0 aromatic rings. The van der Waals surface area contributed by atoms with Crippen molar-refractivity contribution < 1.29 is 29.3 Å². The van der Waals surface area contributed by atoms with Crippen molar-refractivity contribution in [3.05, 3.63) is 0 Å². The molecule has 20 heavy (non-hydrogen) atoms. The number of amides is 2. The van der Waals surface area contributed by atoms with Gasteiger partial charge in [0.05, 0.1) is 6.61 Å². The summed E-state index contributed by atoms with van der Waals surface area (Å²) in [6.07, 6.45) is -0.105. The van der Waals surface area contributed by atoms with Crippen molar-refractivity contribution in [3.63, 3.8) is 0 Å². The lowest BCUT2D eigenvalue weighted by atomic mass is 10.2. The Morgan fingerprint density at radius 1 is 1.30 bits per heavy atom. The fraction of sp³-hybridized carbons (Fsp3) is 0.750. The van der Waals surface area contributed by atoms with E-state index < -0.39 is 24.0 Å². The number of ether oxygens (including phenoxy) is 1. The molecule has 0 fully saturated rings. The average molecular weight is 290 g/mol. The summed E-state index contributed by atoms with van der Waals surface area (Å²) in [6.45, 7) is 4.62. The zero-order valence-electron chi connectivity index (χ0n) is 12.0. The predicted molar refractivity (Wildman–Crippen MR) is 70.1 cm³/mol. The molecule has 8 heteroatoms. The Labute approximate surface area is 117 Å². The number of aliphatic carboxylic acids is 1. The zero-order valence-corrected chi connectivity index (χ0v) is 12.0. The van der Waals surface area contributed by atoms with Gasteiger partial charge in [0.2, 0.25) is 0 Å². The molecule has 1 unspecified atom stereocenters. The van der Waals surface area contributed by atoms with Gasteiger partial charge in [-0.1, -0.05) is 0 Å². The van der Waals surface area contributed by atoms with Gasteiger partial charge in [-0.3, -0.25) is 4.79 Å². The van der Waals surface area contributed by atoms with Gasteiger partial charge in [-0.05, 0) is 20.8 Å². The molecule has 3 N–H and O–H groups in total. The highest BCUT2D eigenvalue weighted by molar-refractivity contribution is 5.85. The third-order valence-electron chi connectivity index (χ3n) is 2.50. The number of carboxylic acids is 1. The summed E-state index contributed by atoms with van der Waals surface area (Å²) in [5.41, 5.74) is 0. The van der Waals surface area contributed by atoms with Crippen LogP contribution in [0.1, 0.15) is 27.2 Å². The van der Waals surface area contributed by atoms with Crippen LogP contribution >= 0.6 is 0 Å². The quantitative estimate of drug-likeness (QED) is 0.533. The fourth-order valence-electron chi connectivity index (χ4n) is 1.45. The Balaban J connectivity index is 4.71. The molecule has 116 valence electrons. The lowest BCUT2D eigenvalue weighted by Gasteiger charge is -2.27. The number of hydrogen-bond donors (Lipinski definition) is 3. The maximum absolute atomic E-state index is 12.0. The van der Waals surface area contributed by atoms with Crippen LogP contribution < -0.4 is 5.32 Å². The summed E-state index contributed by atoms with van der Waals surface area (Å²) < 4.78 is 4.76. The topological polar surface area (TPSA) is 116 Å². The first-order chi connectivity index (χ1) is 9.33. The van der Waals surface area contributed by atoms with Crippen molar-refractivity contribution in [1.82, 2.24) is 10.2 Å². The average Bonchev–Trinajstić information content (AvgIpc) is 2.35. The molecule has 0 aliphatic rings. The lowest BCUT2D eigenvalue weighted by Crippen LogP contribution is -2.52. The van der Waals surface area contributed by atoms with Crippen LogP contribution in [-0.4, -0.2) is 64.9 Å². The summed E-state index contributed by atoms with van der Waals surface area (Å²) in [7, 11) is 0. The minimum atomic E-state index is -1.24. The van der Waals surface area contributed by atoms with E-state index in [1.807, 2.05) is 0 Å². The normalized spacial score (nSPS) is 11.8. The van der Waals surface area contributed by atoms with Crippen LogP contribution in [0, 0.1) is 0 Å². The van der Waals surface area contributed by atoms with Crippen LogP contribution in [0.2, 0.25) is 0 Å². The summed E-state index contributed by atoms with van der Waals surface area (Å²) >= 11 is 0. The molecule has 0 aliphatic heterocycles. The molecule has 0 aromatic heterocycles. The lowest BCUT2D eigenvalue weighted by molar-refractivity contribution is -0.144. The number of rotatable bonds is 8. The summed E-state index contributed by atoms with van der Waals surface area (Å²) in [4.78, 5) is 35.5. The molecule has 0 aromatic carbocycles. The number of nitrogens with one attached hydrogen (secondary N) is 1. The van der Waals surface area contributed by atoms with Gasteiger partial charge in [-0.2, -0.15) is 0 Å². The van der Waals surface area contributed by atoms with Gasteiger partial charge >= 0.3 is 18.0 Å². The second kappa shape index (κ2) is 9.13. The highest BCUT2D eigenvalue weighted by Gasteiger charge is 2.25. The summed E-state index contributed by atoms with van der Waals surface area (Å²) in [5, 5.41) is 19.9. The van der Waals surface area contributed by atoms with Crippen LogP contribution in [-0.2, 0) is 14.3 Å². The van der Waals surface area contributed by atoms with Crippen molar-refractivity contribution in [2.45, 2.75) is 39.3 Å². The molecular formula is C12H22N2O6. The molecule has 8 nitrogen and oxygen atoms in total. The molecule has 1 atom stereocenters. The van der Waals surface area contributed by atoms with Crippen molar-refractivity contribution in [2.75, 3.05) is 19.8 Å². The molecule has 0 saturated carbocycles. The second-order valence-electron chi connectivity index (χ2n) is 4.38. The Kier molecular flexibility index (Phi) is 8.30. The summed E-state index contributed by atoms with van der Waals surface area (Å²) in [6, 6.07) is -2.19. The van der Waals surface area contributed by atoms with Crippen LogP contribution in [0.3, 0.4) is 0 Å². The molecule has 0 bridgehead atoms. The van der Waals surface area contributed by atoms with Gasteiger partial charge in [0.25, 0.3) is 0 Å². The van der Waals surface area contributed by atoms with E-state index in [1.54, 1.807) is 20.8 Å². The number of hydrogen-bond acceptors (Lipinski definition) is 5. The van der Waals surface area contributed by atoms with Crippen molar-refractivity contribution in [1.29, 1.82) is 0 Å². The Hall–Kier alpha value is -1.83. The minimum Gasteiger partial charge on any atom is -0.480 e. The first-order valence-electron chi connectivity index (χ1n) is 6.39. The van der Waals surface area contributed by atoms with Crippen LogP contribution in [0.25, 0.3) is 0 Å². The Morgan fingerprint density at radius 2 is 1.90 bits per heavy atom. The minimum absolute atomic E-state index is 0.105. The van der Waals surface area contributed by atoms with Gasteiger partial charge in [0, 0.05) is 19.1 Å². The molecule has 0 rings (SSSR count). The first kappa shape index (κ1) is 18.2. The number of carbonyl (C=O) groups excluding carboxylic acids is 2. The van der Waals surface area contributed by atoms with Crippen LogP contribution in [0.5, 0.6) is 0 Å². The van der Waals surface area contributed by atoms with Crippen LogP contribution in [0.15, 0.2) is 0 Å². The third kappa shape index (κ3) is 6.37. The molecule has 0 saturated heterocycles. The van der Waals surface area contributed by atoms with Crippen LogP contribution in [0.4, 0.5) is 4.79 Å². The SMILES string of the molecule is CCOC(=O)CN(C(=O)NC(CCO)C(=O)O)C(C)C. The van der Waals surface area contributed by atoms with Crippen molar-refractivity contribution >= 4 is 18.0 Å². The number of urea groups is 1. The summed E-state index contributed by atoms with van der Waals surface area (Å²) in [5.74, 6) is -1.81. The van der Waals surface area contributed by atoms with Gasteiger partial charge in [0.15, 0.2) is 0 Å². The monoisotopic (exact) mass is 290 g/mol. The van der Waals surface area contributed by atoms with E-state index in [-0.39, 0.29) is 32.2 Å². The smallest absolute Gasteiger partial charge is 0.326 e. The van der Waals surface area contributed by atoms with E-state index in [0.717, 1.165) is 0 Å². The number of aliphatic hydroxyl groups excluding tert-OH is 1. The number of aliphatic hydroxyl groups is 1. The van der Waals surface area contributed by atoms with E-state index in [2.05, 4.69) is 5.32 Å². The van der Waals surface area contributed by atoms with Crippen molar-refractivity contribution in [3.8, 4) is 0 Å². The maximum Gasteiger partial charge on any atom is 0.326 e. The predicted octanol–water partition coefficient (Wildman–Crippen LogP) is -0.195. The van der Waals surface area contributed by atoms with E-state index in [0.29, 0.717) is 0 Å². The highest BCUT2D eigenvalue weighted by Crippen LogP contribution is 2.02. The molecular weight excluding hydrogens is 268 g/mol.